The highest BCUT2D eigenvalue weighted by atomic mass is 16.5. The second-order valence-corrected chi connectivity index (χ2v) is 8.30. The van der Waals surface area contributed by atoms with E-state index in [1.54, 1.807) is 29.0 Å². The summed E-state index contributed by atoms with van der Waals surface area (Å²) < 4.78 is 7.65. The fourth-order valence-electron chi connectivity index (χ4n) is 3.73. The fourth-order valence-corrected chi connectivity index (χ4v) is 3.73. The highest BCUT2D eigenvalue weighted by Gasteiger charge is 2.27. The predicted molar refractivity (Wildman–Crippen MR) is 121 cm³/mol. The van der Waals surface area contributed by atoms with Gasteiger partial charge in [-0.15, -0.1) is 0 Å². The molecule has 0 saturated carbocycles. The van der Waals surface area contributed by atoms with E-state index in [0.29, 0.717) is 37.4 Å². The number of aromatic nitrogens is 3. The first-order valence-corrected chi connectivity index (χ1v) is 10.7. The van der Waals surface area contributed by atoms with Gasteiger partial charge in [-0.2, -0.15) is 5.10 Å². The molecule has 1 N–H and O–H groups in total. The molecular weight excluding hydrogens is 394 g/mol. The molecular formula is C22H33N7O2. The van der Waals surface area contributed by atoms with Gasteiger partial charge in [0.2, 0.25) is 11.8 Å². The summed E-state index contributed by atoms with van der Waals surface area (Å²) in [6, 6.07) is 3.90. The van der Waals surface area contributed by atoms with Crippen molar-refractivity contribution in [2.45, 2.75) is 39.8 Å². The highest BCUT2D eigenvalue weighted by Crippen LogP contribution is 2.17. The van der Waals surface area contributed by atoms with Crippen LogP contribution in [-0.4, -0.2) is 64.3 Å². The molecule has 1 atom stereocenters. The second kappa shape index (κ2) is 10.3. The summed E-state index contributed by atoms with van der Waals surface area (Å²) >= 11 is 0. The molecule has 2 aromatic rings. The van der Waals surface area contributed by atoms with Crippen LogP contribution in [-0.2, 0) is 18.4 Å². The van der Waals surface area contributed by atoms with Gasteiger partial charge in [-0.05, 0) is 30.9 Å². The molecule has 1 amide bonds. The van der Waals surface area contributed by atoms with Crippen LogP contribution in [0.25, 0.3) is 0 Å². The van der Waals surface area contributed by atoms with Crippen LogP contribution in [0.15, 0.2) is 35.7 Å². The van der Waals surface area contributed by atoms with Gasteiger partial charge in [0, 0.05) is 52.2 Å². The molecule has 9 nitrogen and oxygen atoms in total. The van der Waals surface area contributed by atoms with Gasteiger partial charge >= 0.3 is 0 Å². The molecule has 0 radical (unpaired) electrons. The Morgan fingerprint density at radius 3 is 2.77 bits per heavy atom. The van der Waals surface area contributed by atoms with Crippen molar-refractivity contribution >= 4 is 17.6 Å². The van der Waals surface area contributed by atoms with Crippen molar-refractivity contribution in [3.8, 4) is 5.88 Å². The normalized spacial score (nSPS) is 16.1. The number of rotatable bonds is 7. The number of nitrogens with one attached hydrogen (secondary N) is 1. The van der Waals surface area contributed by atoms with Crippen molar-refractivity contribution in [1.29, 1.82) is 0 Å². The van der Waals surface area contributed by atoms with Gasteiger partial charge in [-0.1, -0.05) is 13.8 Å². The fraction of sp³-hybridized carbons (Fsp3) is 0.545. The summed E-state index contributed by atoms with van der Waals surface area (Å²) in [5.74, 6) is 1.93. The topological polar surface area (TPSA) is 87.9 Å². The monoisotopic (exact) mass is 427 g/mol. The Bertz CT molecular complexity index is 909. The third kappa shape index (κ3) is 6.19. The van der Waals surface area contributed by atoms with E-state index >= 15 is 0 Å². The average molecular weight is 428 g/mol. The molecule has 1 saturated heterocycles. The Labute approximate surface area is 184 Å². The lowest BCUT2D eigenvalue weighted by atomic mass is 10.1. The van der Waals surface area contributed by atoms with Crippen LogP contribution in [0.4, 0.5) is 5.69 Å². The molecule has 2 aromatic heterocycles. The maximum atomic E-state index is 12.7. The molecule has 3 heterocycles. The van der Waals surface area contributed by atoms with E-state index in [2.05, 4.69) is 41.2 Å². The minimum Gasteiger partial charge on any atom is -0.475 e. The smallest absolute Gasteiger partial charge is 0.246 e. The molecule has 9 heteroatoms. The van der Waals surface area contributed by atoms with Crippen LogP contribution < -0.4 is 15.0 Å². The molecule has 0 aromatic carbocycles. The number of aryl methyl sites for hydroxylation is 1. The molecule has 0 spiro atoms. The summed E-state index contributed by atoms with van der Waals surface area (Å²) in [6.45, 7) is 8.55. The SMILES string of the molecule is CN=C(NCc1ccnc(OC(C)CC(C)C)c1)N1CCN(c2cnn(C)c2)C(=O)C1. The molecule has 1 fully saturated rings. The minimum absolute atomic E-state index is 0.0286. The number of pyridine rings is 1. The Balaban J connectivity index is 1.55. The number of anilines is 1. The third-order valence-corrected chi connectivity index (χ3v) is 5.11. The quantitative estimate of drug-likeness (QED) is 0.538. The van der Waals surface area contributed by atoms with E-state index in [1.807, 2.05) is 30.3 Å². The van der Waals surface area contributed by atoms with E-state index in [-0.39, 0.29) is 18.6 Å². The van der Waals surface area contributed by atoms with Crippen molar-refractivity contribution in [1.82, 2.24) is 25.0 Å². The van der Waals surface area contributed by atoms with Crippen molar-refractivity contribution in [3.05, 3.63) is 36.3 Å². The lowest BCUT2D eigenvalue weighted by Crippen LogP contribution is -2.55. The Hall–Kier alpha value is -3.10. The van der Waals surface area contributed by atoms with Crippen molar-refractivity contribution < 1.29 is 9.53 Å². The zero-order valence-corrected chi connectivity index (χ0v) is 19.1. The Morgan fingerprint density at radius 1 is 1.32 bits per heavy atom. The van der Waals surface area contributed by atoms with Crippen LogP contribution in [0.3, 0.4) is 0 Å². The van der Waals surface area contributed by atoms with Crippen LogP contribution in [0, 0.1) is 5.92 Å². The molecule has 0 bridgehead atoms. The summed E-state index contributed by atoms with van der Waals surface area (Å²) in [4.78, 5) is 25.1. The number of hydrogen-bond donors (Lipinski definition) is 1. The molecule has 31 heavy (non-hydrogen) atoms. The zero-order valence-electron chi connectivity index (χ0n) is 19.1. The van der Waals surface area contributed by atoms with E-state index in [0.717, 1.165) is 17.7 Å². The third-order valence-electron chi connectivity index (χ3n) is 5.11. The number of carbonyl (C=O) groups is 1. The van der Waals surface area contributed by atoms with Crippen LogP contribution in [0.5, 0.6) is 5.88 Å². The first kappa shape index (κ1) is 22.6. The van der Waals surface area contributed by atoms with E-state index in [4.69, 9.17) is 4.74 Å². The number of ether oxygens (including phenoxy) is 1. The second-order valence-electron chi connectivity index (χ2n) is 8.30. The number of amides is 1. The largest absolute Gasteiger partial charge is 0.475 e. The zero-order chi connectivity index (χ0) is 22.4. The maximum Gasteiger partial charge on any atom is 0.246 e. The molecule has 1 unspecified atom stereocenters. The number of hydrogen-bond acceptors (Lipinski definition) is 5. The van der Waals surface area contributed by atoms with Gasteiger partial charge in [0.05, 0.1) is 18.0 Å². The first-order valence-electron chi connectivity index (χ1n) is 10.7. The van der Waals surface area contributed by atoms with E-state index in [9.17, 15) is 4.79 Å². The number of carbonyl (C=O) groups excluding carboxylic acids is 1. The molecule has 1 aliphatic heterocycles. The van der Waals surface area contributed by atoms with E-state index < -0.39 is 0 Å². The van der Waals surface area contributed by atoms with Gasteiger partial charge < -0.3 is 19.9 Å². The average Bonchev–Trinajstić information content (AvgIpc) is 3.14. The van der Waals surface area contributed by atoms with Crippen LogP contribution in [0.1, 0.15) is 32.8 Å². The summed E-state index contributed by atoms with van der Waals surface area (Å²) in [5, 5.41) is 7.51. The molecule has 1 aliphatic rings. The molecule has 0 aliphatic carbocycles. The summed E-state index contributed by atoms with van der Waals surface area (Å²) in [5.41, 5.74) is 1.87. The van der Waals surface area contributed by atoms with Gasteiger partial charge in [0.1, 0.15) is 6.54 Å². The van der Waals surface area contributed by atoms with E-state index in [1.165, 1.54) is 0 Å². The maximum absolute atomic E-state index is 12.7. The van der Waals surface area contributed by atoms with Crippen molar-refractivity contribution in [2.24, 2.45) is 18.0 Å². The predicted octanol–water partition coefficient (Wildman–Crippen LogP) is 2.05. The lowest BCUT2D eigenvalue weighted by molar-refractivity contribution is -0.120. The number of guanidine groups is 1. The first-order chi connectivity index (χ1) is 14.9. The lowest BCUT2D eigenvalue weighted by Gasteiger charge is -2.35. The molecule has 168 valence electrons. The van der Waals surface area contributed by atoms with Crippen LogP contribution in [0.2, 0.25) is 0 Å². The van der Waals surface area contributed by atoms with Crippen LogP contribution >= 0.6 is 0 Å². The van der Waals surface area contributed by atoms with Gasteiger partial charge in [0.25, 0.3) is 0 Å². The summed E-state index contributed by atoms with van der Waals surface area (Å²) in [7, 11) is 3.57. The summed E-state index contributed by atoms with van der Waals surface area (Å²) in [6.07, 6.45) is 6.42. The van der Waals surface area contributed by atoms with Gasteiger partial charge in [-0.25, -0.2) is 4.98 Å². The van der Waals surface area contributed by atoms with Crippen molar-refractivity contribution in [3.63, 3.8) is 0 Å². The number of nitrogens with zero attached hydrogens (tertiary/aromatic N) is 6. The number of piperazine rings is 1. The minimum atomic E-state index is 0.0286. The molecule has 3 rings (SSSR count). The Morgan fingerprint density at radius 2 is 2.13 bits per heavy atom. The Kier molecular flexibility index (Phi) is 7.49. The van der Waals surface area contributed by atoms with Gasteiger partial charge in [0.15, 0.2) is 5.96 Å². The highest BCUT2D eigenvalue weighted by molar-refractivity contribution is 5.98. The van der Waals surface area contributed by atoms with Gasteiger partial charge in [-0.3, -0.25) is 14.5 Å². The number of aliphatic imine (C=N–C) groups is 1. The van der Waals surface area contributed by atoms with Crippen molar-refractivity contribution in [2.75, 3.05) is 31.6 Å². The standard InChI is InChI=1S/C22H33N7O2/c1-16(2)10-17(3)31-20-11-18(6-7-24-20)12-25-22(23-4)28-8-9-29(21(30)15-28)19-13-26-27(5)14-19/h6-7,11,13-14,16-17H,8-10,12,15H2,1-5H3,(H,23,25).